The molecule has 0 aliphatic heterocycles. The number of aliphatic hydroxyl groups is 2. The van der Waals surface area contributed by atoms with Crippen LogP contribution in [0.4, 0.5) is 0 Å². The van der Waals surface area contributed by atoms with E-state index >= 15 is 0 Å². The molecule has 1 aromatic carbocycles. The first-order valence-electron chi connectivity index (χ1n) is 5.53. The number of benzene rings is 1. The van der Waals surface area contributed by atoms with Crippen molar-refractivity contribution in [1.82, 2.24) is 0 Å². The Balaban J connectivity index is 2.44. The molecule has 0 aliphatic carbocycles. The average molecular weight is 318 g/mol. The molecule has 1 rings (SSSR count). The van der Waals surface area contributed by atoms with Crippen LogP contribution in [-0.2, 0) is 21.1 Å². The lowest BCUT2D eigenvalue weighted by atomic mass is 10.2. The molecular weight excluding hydrogens is 304 g/mol. The van der Waals surface area contributed by atoms with E-state index in [0.717, 1.165) is 34.7 Å². The van der Waals surface area contributed by atoms with Gasteiger partial charge in [-0.25, -0.2) is 9.59 Å². The molecule has 0 radical (unpaired) electrons. The average Bonchev–Trinajstić information content (AvgIpc) is 2.42. The number of carboxylic acids is 2. The summed E-state index contributed by atoms with van der Waals surface area (Å²) in [6.07, 6.45) is 0. The van der Waals surface area contributed by atoms with E-state index in [9.17, 15) is 9.59 Å². The molecule has 0 aliphatic rings. The minimum atomic E-state index is -1.45. The van der Waals surface area contributed by atoms with Gasteiger partial charge >= 0.3 is 11.9 Å². The van der Waals surface area contributed by atoms with Crippen molar-refractivity contribution < 1.29 is 30.0 Å². The van der Waals surface area contributed by atoms with E-state index in [4.69, 9.17) is 20.4 Å². The summed E-state index contributed by atoms with van der Waals surface area (Å²) in [7, 11) is 0. The van der Waals surface area contributed by atoms with Gasteiger partial charge < -0.3 is 20.4 Å². The zero-order chi connectivity index (χ0) is 15.1. The summed E-state index contributed by atoms with van der Waals surface area (Å²) in [4.78, 5) is 20.9. The Kier molecular flexibility index (Phi) is 6.86. The Morgan fingerprint density at radius 2 is 1.15 bits per heavy atom. The van der Waals surface area contributed by atoms with Gasteiger partial charge in [-0.1, -0.05) is 24.3 Å². The van der Waals surface area contributed by atoms with E-state index in [-0.39, 0.29) is 0 Å². The third kappa shape index (κ3) is 5.83. The Labute approximate surface area is 123 Å². The Bertz CT molecular complexity index is 419. The molecule has 2 atom stereocenters. The molecule has 0 bridgehead atoms. The highest BCUT2D eigenvalue weighted by Gasteiger charge is 2.14. The van der Waals surface area contributed by atoms with E-state index in [1.54, 1.807) is 24.3 Å². The third-order valence-electron chi connectivity index (χ3n) is 2.26. The van der Waals surface area contributed by atoms with Crippen molar-refractivity contribution in [3.05, 3.63) is 35.4 Å². The topological polar surface area (TPSA) is 115 Å². The van der Waals surface area contributed by atoms with Crippen LogP contribution in [0, 0.1) is 0 Å². The quantitative estimate of drug-likeness (QED) is 0.524. The summed E-state index contributed by atoms with van der Waals surface area (Å²) in [5, 5.41) is 35.3. The van der Waals surface area contributed by atoms with E-state index in [2.05, 4.69) is 0 Å². The first kappa shape index (κ1) is 16.8. The lowest BCUT2D eigenvalue weighted by molar-refractivity contribution is -0.142. The molecular formula is C12H14O6S2. The Hall–Kier alpha value is -1.22. The molecule has 0 aromatic heterocycles. The highest BCUT2D eigenvalue weighted by molar-refractivity contribution is 7.99. The van der Waals surface area contributed by atoms with Crippen LogP contribution in [0.2, 0.25) is 0 Å². The van der Waals surface area contributed by atoms with Crippen molar-refractivity contribution in [2.24, 2.45) is 0 Å². The molecule has 110 valence electrons. The normalized spacial score (nSPS) is 13.7. The van der Waals surface area contributed by atoms with Crippen molar-refractivity contribution in [3.8, 4) is 0 Å². The maximum absolute atomic E-state index is 10.4. The summed E-state index contributed by atoms with van der Waals surface area (Å²) >= 11 is 1.80. The van der Waals surface area contributed by atoms with Crippen LogP contribution >= 0.6 is 23.5 Å². The number of carbonyl (C=O) groups is 2. The molecule has 0 saturated carbocycles. The number of hydrogen-bond donors (Lipinski definition) is 4. The fourth-order valence-corrected chi connectivity index (χ4v) is 2.60. The van der Waals surface area contributed by atoms with Crippen LogP contribution in [-0.4, -0.2) is 43.2 Å². The van der Waals surface area contributed by atoms with Gasteiger partial charge in [0, 0.05) is 11.5 Å². The van der Waals surface area contributed by atoms with Crippen LogP contribution in [0.25, 0.3) is 0 Å². The van der Waals surface area contributed by atoms with Gasteiger partial charge in [-0.2, -0.15) is 0 Å². The van der Waals surface area contributed by atoms with Gasteiger partial charge in [0.2, 0.25) is 0 Å². The van der Waals surface area contributed by atoms with Gasteiger partial charge in [0.1, 0.15) is 0 Å². The summed E-state index contributed by atoms with van der Waals surface area (Å²) < 4.78 is 0. The van der Waals surface area contributed by atoms with Crippen molar-refractivity contribution in [1.29, 1.82) is 0 Å². The molecule has 0 saturated heterocycles. The second-order valence-corrected chi connectivity index (χ2v) is 5.96. The molecule has 20 heavy (non-hydrogen) atoms. The van der Waals surface area contributed by atoms with Crippen molar-refractivity contribution in [3.63, 3.8) is 0 Å². The number of rotatable bonds is 8. The van der Waals surface area contributed by atoms with Gasteiger partial charge in [0.25, 0.3) is 0 Å². The van der Waals surface area contributed by atoms with E-state index in [1.807, 2.05) is 0 Å². The van der Waals surface area contributed by atoms with Crippen LogP contribution in [0.3, 0.4) is 0 Å². The molecule has 1 aromatic rings. The van der Waals surface area contributed by atoms with E-state index in [1.165, 1.54) is 0 Å². The van der Waals surface area contributed by atoms with Gasteiger partial charge in [-0.05, 0) is 11.1 Å². The van der Waals surface area contributed by atoms with Crippen molar-refractivity contribution in [2.75, 3.05) is 0 Å². The molecule has 2 unspecified atom stereocenters. The van der Waals surface area contributed by atoms with Crippen molar-refractivity contribution >= 4 is 35.5 Å². The SMILES string of the molecule is O=C(O)C(O)SCc1ccc(CSC(O)C(=O)O)cc1. The van der Waals surface area contributed by atoms with Crippen LogP contribution < -0.4 is 0 Å². The van der Waals surface area contributed by atoms with Crippen molar-refractivity contribution in [2.45, 2.75) is 22.4 Å². The molecule has 6 nitrogen and oxygen atoms in total. The van der Waals surface area contributed by atoms with Crippen LogP contribution in [0.1, 0.15) is 11.1 Å². The van der Waals surface area contributed by atoms with Gasteiger partial charge in [-0.3, -0.25) is 0 Å². The summed E-state index contributed by atoms with van der Waals surface area (Å²) in [6.45, 7) is 0. The van der Waals surface area contributed by atoms with Crippen LogP contribution in [0.15, 0.2) is 24.3 Å². The van der Waals surface area contributed by atoms with Gasteiger partial charge in [-0.15, -0.1) is 23.5 Å². The molecule has 0 amide bonds. The van der Waals surface area contributed by atoms with Gasteiger partial charge in [0.05, 0.1) is 0 Å². The zero-order valence-corrected chi connectivity index (χ0v) is 11.9. The summed E-state index contributed by atoms with van der Waals surface area (Å²) in [5.74, 6) is -1.83. The molecule has 4 N–H and O–H groups in total. The zero-order valence-electron chi connectivity index (χ0n) is 10.3. The highest BCUT2D eigenvalue weighted by atomic mass is 32.2. The lowest BCUT2D eigenvalue weighted by Gasteiger charge is -2.07. The third-order valence-corrected chi connectivity index (χ3v) is 4.30. The molecule has 8 heteroatoms. The van der Waals surface area contributed by atoms with E-state index < -0.39 is 22.8 Å². The minimum absolute atomic E-state index is 0.360. The van der Waals surface area contributed by atoms with Crippen LogP contribution in [0.5, 0.6) is 0 Å². The summed E-state index contributed by atoms with van der Waals surface area (Å²) in [6, 6.07) is 7.07. The first-order chi connectivity index (χ1) is 9.40. The predicted octanol–water partition coefficient (Wildman–Crippen LogP) is 0.959. The molecule has 0 heterocycles. The first-order valence-corrected chi connectivity index (χ1v) is 7.62. The fourth-order valence-electron chi connectivity index (χ4n) is 1.22. The Morgan fingerprint density at radius 3 is 1.40 bits per heavy atom. The van der Waals surface area contributed by atoms with Gasteiger partial charge in [0.15, 0.2) is 10.9 Å². The monoisotopic (exact) mass is 318 g/mol. The standard InChI is InChI=1S/C12H14O6S2/c13-9(14)11(17)19-5-7-1-2-8(4-3-7)6-20-12(18)10(15)16/h1-4,11-12,17-18H,5-6H2,(H,13,14)(H,15,16). The molecule has 0 spiro atoms. The largest absolute Gasteiger partial charge is 0.479 e. The number of aliphatic hydroxyl groups excluding tert-OH is 2. The number of hydrogen-bond acceptors (Lipinski definition) is 6. The lowest BCUT2D eigenvalue weighted by Crippen LogP contribution is -2.15. The highest BCUT2D eigenvalue weighted by Crippen LogP contribution is 2.20. The smallest absolute Gasteiger partial charge is 0.343 e. The predicted molar refractivity (Wildman–Crippen MR) is 76.3 cm³/mol. The maximum Gasteiger partial charge on any atom is 0.343 e. The number of carboxylic acid groups (broad SMARTS) is 2. The minimum Gasteiger partial charge on any atom is -0.479 e. The number of thioether (sulfide) groups is 2. The second-order valence-electron chi connectivity index (χ2n) is 3.82. The molecule has 0 fully saturated rings. The Morgan fingerprint density at radius 1 is 0.850 bits per heavy atom. The van der Waals surface area contributed by atoms with E-state index in [0.29, 0.717) is 11.5 Å². The maximum atomic E-state index is 10.4. The fraction of sp³-hybridized carbons (Fsp3) is 0.333. The summed E-state index contributed by atoms with van der Waals surface area (Å²) in [5.41, 5.74) is -1.20. The second kappa shape index (κ2) is 8.15. The number of aliphatic carboxylic acids is 2.